The van der Waals surface area contributed by atoms with Crippen LogP contribution < -0.4 is 5.32 Å². The van der Waals surface area contributed by atoms with Crippen LogP contribution in [-0.2, 0) is 9.53 Å². The molecule has 0 saturated carbocycles. The Hall–Kier alpha value is -1.68. The van der Waals surface area contributed by atoms with Crippen LogP contribution in [0.1, 0.15) is 34.3 Å². The first-order chi connectivity index (χ1) is 9.08. The van der Waals surface area contributed by atoms with Crippen LogP contribution in [0.15, 0.2) is 18.2 Å². The second-order valence-electron chi connectivity index (χ2n) is 4.94. The summed E-state index contributed by atoms with van der Waals surface area (Å²) in [5.41, 5.74) is 2.87. The molecule has 1 fully saturated rings. The lowest BCUT2D eigenvalue weighted by atomic mass is 10.0. The summed E-state index contributed by atoms with van der Waals surface area (Å²) in [4.78, 5) is 23.7. The molecule has 2 rings (SSSR count). The highest BCUT2D eigenvalue weighted by Crippen LogP contribution is 2.12. The number of aryl methyl sites for hydroxylation is 2. The fraction of sp³-hybridized carbons (Fsp3) is 0.467. The third-order valence-electron chi connectivity index (χ3n) is 3.47. The van der Waals surface area contributed by atoms with Crippen molar-refractivity contribution in [1.29, 1.82) is 0 Å². The van der Waals surface area contributed by atoms with Gasteiger partial charge in [0.1, 0.15) is 6.10 Å². The van der Waals surface area contributed by atoms with Crippen molar-refractivity contribution in [2.45, 2.75) is 32.8 Å². The number of hydrogen-bond donors (Lipinski definition) is 1. The Bertz CT molecular complexity index is 490. The van der Waals surface area contributed by atoms with Gasteiger partial charge < -0.3 is 10.1 Å². The van der Waals surface area contributed by atoms with E-state index in [1.165, 1.54) is 0 Å². The van der Waals surface area contributed by atoms with Gasteiger partial charge in [0.2, 0.25) is 5.91 Å². The van der Waals surface area contributed by atoms with E-state index in [1.807, 2.05) is 26.0 Å². The lowest BCUT2D eigenvalue weighted by Gasteiger charge is -2.10. The molecule has 102 valence electrons. The van der Waals surface area contributed by atoms with Crippen molar-refractivity contribution in [3.8, 4) is 0 Å². The zero-order chi connectivity index (χ0) is 13.8. The summed E-state index contributed by atoms with van der Waals surface area (Å²) >= 11 is 0. The molecule has 4 heteroatoms. The summed E-state index contributed by atoms with van der Waals surface area (Å²) in [6.07, 6.45) is 1.26. The number of Topliss-reactive ketones (excluding diaryl/α,β-unsaturated/α-hetero) is 1. The van der Waals surface area contributed by atoms with Gasteiger partial charge >= 0.3 is 0 Å². The zero-order valence-electron chi connectivity index (χ0n) is 11.4. The van der Waals surface area contributed by atoms with E-state index in [1.54, 1.807) is 6.07 Å². The molecule has 4 nitrogen and oxygen atoms in total. The van der Waals surface area contributed by atoms with Crippen LogP contribution in [0.3, 0.4) is 0 Å². The van der Waals surface area contributed by atoms with Crippen LogP contribution in [0.5, 0.6) is 0 Å². The first-order valence-corrected chi connectivity index (χ1v) is 6.57. The molecule has 1 aromatic rings. The summed E-state index contributed by atoms with van der Waals surface area (Å²) in [5.74, 6) is -0.260. The number of amides is 1. The second-order valence-corrected chi connectivity index (χ2v) is 4.94. The standard InChI is InChI=1S/C15H19NO3/c1-10-5-6-12(8-11(10)2)13(17)9-16-15(18)14-4-3-7-19-14/h5-6,8,14H,3-4,7,9H2,1-2H3,(H,16,18). The Balaban J connectivity index is 1.90. The first kappa shape index (κ1) is 13.7. The van der Waals surface area contributed by atoms with Crippen LogP contribution in [0, 0.1) is 13.8 Å². The van der Waals surface area contributed by atoms with E-state index in [9.17, 15) is 9.59 Å². The minimum atomic E-state index is -0.382. The molecule has 1 unspecified atom stereocenters. The van der Waals surface area contributed by atoms with E-state index >= 15 is 0 Å². The quantitative estimate of drug-likeness (QED) is 0.841. The first-order valence-electron chi connectivity index (χ1n) is 6.57. The fourth-order valence-corrected chi connectivity index (χ4v) is 2.08. The summed E-state index contributed by atoms with van der Waals surface area (Å²) < 4.78 is 5.26. The minimum Gasteiger partial charge on any atom is -0.368 e. The van der Waals surface area contributed by atoms with Gasteiger partial charge in [0.15, 0.2) is 5.78 Å². The molecular formula is C15H19NO3. The van der Waals surface area contributed by atoms with Gasteiger partial charge in [-0.05, 0) is 43.9 Å². The van der Waals surface area contributed by atoms with E-state index in [-0.39, 0.29) is 24.3 Å². The molecule has 1 aromatic carbocycles. The van der Waals surface area contributed by atoms with Gasteiger partial charge in [-0.15, -0.1) is 0 Å². The van der Waals surface area contributed by atoms with Crippen LogP contribution in [0.2, 0.25) is 0 Å². The lowest BCUT2D eigenvalue weighted by molar-refractivity contribution is -0.129. The Kier molecular flexibility index (Phi) is 4.32. The molecule has 0 radical (unpaired) electrons. The molecule has 1 saturated heterocycles. The second kappa shape index (κ2) is 5.97. The maximum Gasteiger partial charge on any atom is 0.249 e. The van der Waals surface area contributed by atoms with Crippen molar-refractivity contribution in [2.75, 3.05) is 13.2 Å². The Labute approximate surface area is 113 Å². The zero-order valence-corrected chi connectivity index (χ0v) is 11.4. The predicted molar refractivity (Wildman–Crippen MR) is 72.2 cm³/mol. The molecule has 1 heterocycles. The van der Waals surface area contributed by atoms with Gasteiger partial charge in [0.05, 0.1) is 6.54 Å². The monoisotopic (exact) mass is 261 g/mol. The highest BCUT2D eigenvalue weighted by Gasteiger charge is 2.23. The molecule has 1 N–H and O–H groups in total. The number of benzene rings is 1. The Morgan fingerprint density at radius 3 is 2.74 bits per heavy atom. The van der Waals surface area contributed by atoms with E-state index < -0.39 is 0 Å². The van der Waals surface area contributed by atoms with Gasteiger partial charge in [-0.3, -0.25) is 9.59 Å². The van der Waals surface area contributed by atoms with Crippen molar-refractivity contribution in [1.82, 2.24) is 5.32 Å². The highest BCUT2D eigenvalue weighted by molar-refractivity contribution is 5.99. The lowest BCUT2D eigenvalue weighted by Crippen LogP contribution is -2.37. The number of hydrogen-bond acceptors (Lipinski definition) is 3. The maximum absolute atomic E-state index is 12.0. The number of rotatable bonds is 4. The molecule has 1 atom stereocenters. The molecule has 1 aliphatic heterocycles. The fourth-order valence-electron chi connectivity index (χ4n) is 2.08. The van der Waals surface area contributed by atoms with Crippen molar-refractivity contribution < 1.29 is 14.3 Å². The van der Waals surface area contributed by atoms with Crippen LogP contribution >= 0.6 is 0 Å². The third-order valence-corrected chi connectivity index (χ3v) is 3.47. The van der Waals surface area contributed by atoms with Crippen molar-refractivity contribution in [3.05, 3.63) is 34.9 Å². The van der Waals surface area contributed by atoms with Crippen molar-refractivity contribution >= 4 is 11.7 Å². The normalized spacial score (nSPS) is 18.3. The summed E-state index contributed by atoms with van der Waals surface area (Å²) in [6.45, 7) is 4.63. The number of carbonyl (C=O) groups excluding carboxylic acids is 2. The van der Waals surface area contributed by atoms with Crippen molar-refractivity contribution in [3.63, 3.8) is 0 Å². The van der Waals surface area contributed by atoms with Crippen LogP contribution in [-0.4, -0.2) is 30.9 Å². The molecule has 1 amide bonds. The van der Waals surface area contributed by atoms with Gasteiger partial charge in [-0.2, -0.15) is 0 Å². The Morgan fingerprint density at radius 2 is 2.11 bits per heavy atom. The Morgan fingerprint density at radius 1 is 1.32 bits per heavy atom. The van der Waals surface area contributed by atoms with E-state index in [0.29, 0.717) is 12.2 Å². The molecule has 0 spiro atoms. The average Bonchev–Trinajstić information content (AvgIpc) is 2.92. The summed E-state index contributed by atoms with van der Waals surface area (Å²) in [5, 5.41) is 2.64. The smallest absolute Gasteiger partial charge is 0.249 e. The predicted octanol–water partition coefficient (Wildman–Crippen LogP) is 1.78. The minimum absolute atomic E-state index is 0.0290. The average molecular weight is 261 g/mol. The molecule has 19 heavy (non-hydrogen) atoms. The van der Waals surface area contributed by atoms with Gasteiger partial charge in [0.25, 0.3) is 0 Å². The van der Waals surface area contributed by atoms with Gasteiger partial charge in [-0.1, -0.05) is 12.1 Å². The van der Waals surface area contributed by atoms with Crippen LogP contribution in [0.4, 0.5) is 0 Å². The topological polar surface area (TPSA) is 55.4 Å². The van der Waals surface area contributed by atoms with E-state index in [2.05, 4.69) is 5.32 Å². The number of ketones is 1. The molecule has 0 aromatic heterocycles. The molecular weight excluding hydrogens is 242 g/mol. The number of carbonyl (C=O) groups is 2. The van der Waals surface area contributed by atoms with E-state index in [0.717, 1.165) is 24.0 Å². The largest absolute Gasteiger partial charge is 0.368 e. The molecule has 1 aliphatic rings. The van der Waals surface area contributed by atoms with Gasteiger partial charge in [0, 0.05) is 12.2 Å². The third kappa shape index (κ3) is 3.41. The molecule has 0 aliphatic carbocycles. The summed E-state index contributed by atoms with van der Waals surface area (Å²) in [6, 6.07) is 5.57. The number of nitrogens with one attached hydrogen (secondary N) is 1. The maximum atomic E-state index is 12.0. The highest BCUT2D eigenvalue weighted by atomic mass is 16.5. The van der Waals surface area contributed by atoms with Crippen LogP contribution in [0.25, 0.3) is 0 Å². The van der Waals surface area contributed by atoms with Gasteiger partial charge in [-0.25, -0.2) is 0 Å². The number of ether oxygens (including phenoxy) is 1. The SMILES string of the molecule is Cc1ccc(C(=O)CNC(=O)C2CCCO2)cc1C. The molecule has 0 bridgehead atoms. The summed E-state index contributed by atoms with van der Waals surface area (Å²) in [7, 11) is 0. The van der Waals surface area contributed by atoms with E-state index in [4.69, 9.17) is 4.74 Å². The van der Waals surface area contributed by atoms with Crippen molar-refractivity contribution in [2.24, 2.45) is 0 Å².